The van der Waals surface area contributed by atoms with Crippen LogP contribution in [0.3, 0.4) is 0 Å². The van der Waals surface area contributed by atoms with Crippen LogP contribution in [0.15, 0.2) is 54.5 Å². The number of ether oxygens (including phenoxy) is 1. The molecule has 33 heavy (non-hydrogen) atoms. The van der Waals surface area contributed by atoms with Gasteiger partial charge in [0.2, 0.25) is 0 Å². The number of hydrogen-bond acceptors (Lipinski definition) is 7. The molecule has 170 valence electrons. The van der Waals surface area contributed by atoms with Gasteiger partial charge in [0.15, 0.2) is 5.76 Å². The van der Waals surface area contributed by atoms with Crippen molar-refractivity contribution < 1.29 is 19.4 Å². The van der Waals surface area contributed by atoms with Gasteiger partial charge in [0.25, 0.3) is 11.7 Å². The molecule has 2 aliphatic rings. The summed E-state index contributed by atoms with van der Waals surface area (Å²) >= 11 is 0. The van der Waals surface area contributed by atoms with Crippen LogP contribution in [0, 0.1) is 6.92 Å². The monoisotopic (exact) mass is 447 g/mol. The summed E-state index contributed by atoms with van der Waals surface area (Å²) in [4.78, 5) is 38.8. The fourth-order valence-corrected chi connectivity index (χ4v) is 4.60. The summed E-state index contributed by atoms with van der Waals surface area (Å²) in [5, 5.41) is 11.4. The Kier molecular flexibility index (Phi) is 5.65. The van der Waals surface area contributed by atoms with Crippen molar-refractivity contribution in [2.75, 3.05) is 39.4 Å². The molecule has 0 unspecified atom stereocenters. The summed E-state index contributed by atoms with van der Waals surface area (Å²) in [6, 6.07) is 8.35. The standard InChI is InChI=1S/C24H25N5O4/c1-16-20(28-8-3-2-6-18(28)26-16)22(30)19-21(17-5-4-7-25-15-17)29(24(32)23(19)31)10-9-27-11-13-33-14-12-27/h2-8,15,21,30H,9-14H2,1H3/t21-/m1/s1. The minimum absolute atomic E-state index is 0.0590. The maximum Gasteiger partial charge on any atom is 0.295 e. The summed E-state index contributed by atoms with van der Waals surface area (Å²) in [7, 11) is 0. The van der Waals surface area contributed by atoms with Crippen LogP contribution in [0.5, 0.6) is 0 Å². The van der Waals surface area contributed by atoms with E-state index >= 15 is 0 Å². The van der Waals surface area contributed by atoms with E-state index in [0.29, 0.717) is 48.9 Å². The van der Waals surface area contributed by atoms with Gasteiger partial charge in [-0.2, -0.15) is 0 Å². The number of nitrogens with zero attached hydrogens (tertiary/aromatic N) is 5. The molecule has 2 aliphatic heterocycles. The second-order valence-corrected chi connectivity index (χ2v) is 8.21. The number of carbonyl (C=O) groups excluding carboxylic acids is 2. The first-order valence-corrected chi connectivity index (χ1v) is 11.0. The smallest absolute Gasteiger partial charge is 0.295 e. The van der Waals surface area contributed by atoms with Crippen LogP contribution in [0.25, 0.3) is 11.4 Å². The van der Waals surface area contributed by atoms with Crippen molar-refractivity contribution in [1.82, 2.24) is 24.2 Å². The Morgan fingerprint density at radius 1 is 1.15 bits per heavy atom. The van der Waals surface area contributed by atoms with Crippen LogP contribution in [0.2, 0.25) is 0 Å². The molecule has 9 nitrogen and oxygen atoms in total. The average molecular weight is 447 g/mol. The number of Topliss-reactive ketones (excluding diaryl/α,β-unsaturated/α-hetero) is 1. The quantitative estimate of drug-likeness (QED) is 0.362. The van der Waals surface area contributed by atoms with Gasteiger partial charge in [-0.05, 0) is 30.7 Å². The molecule has 2 saturated heterocycles. The topological polar surface area (TPSA) is 100 Å². The molecule has 0 aliphatic carbocycles. The molecule has 5 heterocycles. The van der Waals surface area contributed by atoms with E-state index in [4.69, 9.17) is 4.74 Å². The lowest BCUT2D eigenvalue weighted by Gasteiger charge is -2.30. The SMILES string of the molecule is Cc1nc2ccccn2c1C(O)=C1C(=O)C(=O)N(CCN2CCOCC2)[C@@H]1c1cccnc1. The van der Waals surface area contributed by atoms with Gasteiger partial charge in [0.1, 0.15) is 11.3 Å². The number of aromatic nitrogens is 3. The zero-order chi connectivity index (χ0) is 22.9. The summed E-state index contributed by atoms with van der Waals surface area (Å²) in [5.74, 6) is -1.55. The number of aliphatic hydroxyl groups excluding tert-OH is 1. The highest BCUT2D eigenvalue weighted by Crippen LogP contribution is 2.39. The lowest BCUT2D eigenvalue weighted by molar-refractivity contribution is -0.140. The molecule has 1 atom stereocenters. The van der Waals surface area contributed by atoms with Gasteiger partial charge >= 0.3 is 0 Å². The molecule has 0 spiro atoms. The summed E-state index contributed by atoms with van der Waals surface area (Å²) < 4.78 is 7.13. The predicted molar refractivity (Wildman–Crippen MR) is 120 cm³/mol. The van der Waals surface area contributed by atoms with Crippen molar-refractivity contribution in [3.8, 4) is 0 Å². The molecule has 1 amide bonds. The van der Waals surface area contributed by atoms with Gasteiger partial charge in [-0.25, -0.2) is 4.98 Å². The fourth-order valence-electron chi connectivity index (χ4n) is 4.60. The van der Waals surface area contributed by atoms with E-state index < -0.39 is 17.7 Å². The van der Waals surface area contributed by atoms with Gasteiger partial charge in [-0.1, -0.05) is 12.1 Å². The molecule has 9 heteroatoms. The summed E-state index contributed by atoms with van der Waals surface area (Å²) in [6.45, 7) is 5.60. The highest BCUT2D eigenvalue weighted by molar-refractivity contribution is 6.46. The summed E-state index contributed by atoms with van der Waals surface area (Å²) in [6.07, 6.45) is 5.04. The van der Waals surface area contributed by atoms with E-state index in [0.717, 1.165) is 13.1 Å². The Bertz CT molecular complexity index is 1230. The Morgan fingerprint density at radius 3 is 2.73 bits per heavy atom. The van der Waals surface area contributed by atoms with E-state index in [2.05, 4.69) is 14.9 Å². The van der Waals surface area contributed by atoms with E-state index in [1.54, 1.807) is 40.9 Å². The number of ketones is 1. The lowest BCUT2D eigenvalue weighted by Crippen LogP contribution is -2.42. The predicted octanol–water partition coefficient (Wildman–Crippen LogP) is 1.79. The number of pyridine rings is 2. The molecule has 3 aromatic heterocycles. The molecule has 0 bridgehead atoms. The van der Waals surface area contributed by atoms with E-state index in [1.165, 1.54) is 0 Å². The number of rotatable bonds is 5. The van der Waals surface area contributed by atoms with E-state index in [9.17, 15) is 14.7 Å². The molecule has 5 rings (SSSR count). The Balaban J connectivity index is 1.59. The summed E-state index contributed by atoms with van der Waals surface area (Å²) in [5.41, 5.74) is 2.36. The Morgan fingerprint density at radius 2 is 1.97 bits per heavy atom. The maximum absolute atomic E-state index is 13.2. The number of carbonyl (C=O) groups is 2. The number of hydrogen-bond donors (Lipinski definition) is 1. The number of fused-ring (bicyclic) bond motifs is 1. The third-order valence-electron chi connectivity index (χ3n) is 6.23. The molecule has 0 radical (unpaired) electrons. The van der Waals surface area contributed by atoms with Gasteiger partial charge in [0.05, 0.1) is 30.5 Å². The molecule has 1 N–H and O–H groups in total. The van der Waals surface area contributed by atoms with Crippen LogP contribution >= 0.6 is 0 Å². The van der Waals surface area contributed by atoms with Crippen LogP contribution in [-0.4, -0.2) is 80.4 Å². The zero-order valence-electron chi connectivity index (χ0n) is 18.3. The van der Waals surface area contributed by atoms with Crippen molar-refractivity contribution in [3.63, 3.8) is 0 Å². The number of morpholine rings is 1. The third-order valence-corrected chi connectivity index (χ3v) is 6.23. The normalized spacial score (nSPS) is 21.2. The molecular weight excluding hydrogens is 422 g/mol. The minimum atomic E-state index is -0.728. The van der Waals surface area contributed by atoms with Crippen LogP contribution in [0.4, 0.5) is 0 Å². The first-order chi connectivity index (χ1) is 16.1. The van der Waals surface area contributed by atoms with Crippen molar-refractivity contribution in [3.05, 3.63) is 71.4 Å². The molecule has 3 aromatic rings. The fraction of sp³-hybridized carbons (Fsp3) is 0.333. The van der Waals surface area contributed by atoms with Gasteiger partial charge < -0.3 is 14.7 Å². The highest BCUT2D eigenvalue weighted by atomic mass is 16.5. The third kappa shape index (κ3) is 3.79. The number of aliphatic hydroxyl groups is 1. The van der Waals surface area contributed by atoms with Gasteiger partial charge in [-0.15, -0.1) is 0 Å². The second-order valence-electron chi connectivity index (χ2n) is 8.21. The zero-order valence-corrected chi connectivity index (χ0v) is 18.3. The van der Waals surface area contributed by atoms with Crippen molar-refractivity contribution in [2.45, 2.75) is 13.0 Å². The van der Waals surface area contributed by atoms with Crippen molar-refractivity contribution >= 4 is 23.1 Å². The lowest BCUT2D eigenvalue weighted by atomic mass is 9.97. The van der Waals surface area contributed by atoms with Crippen LogP contribution in [-0.2, 0) is 14.3 Å². The number of amides is 1. The van der Waals surface area contributed by atoms with Gasteiger partial charge in [-0.3, -0.25) is 23.9 Å². The molecular formula is C24H25N5O4. The number of likely N-dealkylation sites (tertiary alicyclic amines) is 1. The van der Waals surface area contributed by atoms with Crippen molar-refractivity contribution in [2.24, 2.45) is 0 Å². The Labute approximate surface area is 190 Å². The number of aryl methyl sites for hydroxylation is 1. The van der Waals surface area contributed by atoms with Crippen LogP contribution < -0.4 is 0 Å². The first-order valence-electron chi connectivity index (χ1n) is 11.0. The van der Waals surface area contributed by atoms with Crippen molar-refractivity contribution in [1.29, 1.82) is 0 Å². The van der Waals surface area contributed by atoms with Crippen LogP contribution in [0.1, 0.15) is 23.0 Å². The second kappa shape index (κ2) is 8.76. The number of imidazole rings is 1. The van der Waals surface area contributed by atoms with E-state index in [-0.39, 0.29) is 11.3 Å². The largest absolute Gasteiger partial charge is 0.505 e. The average Bonchev–Trinajstić information content (AvgIpc) is 3.31. The maximum atomic E-state index is 13.2. The minimum Gasteiger partial charge on any atom is -0.505 e. The molecule has 0 aromatic carbocycles. The van der Waals surface area contributed by atoms with E-state index in [1.807, 2.05) is 24.3 Å². The van der Waals surface area contributed by atoms with Gasteiger partial charge in [0, 0.05) is 44.8 Å². The molecule has 2 fully saturated rings. The molecule has 0 saturated carbocycles. The first kappa shape index (κ1) is 21.3. The Hall–Kier alpha value is -3.56. The highest BCUT2D eigenvalue weighted by Gasteiger charge is 2.46.